The predicted octanol–water partition coefficient (Wildman–Crippen LogP) is 3.98. The monoisotopic (exact) mass is 662 g/mol. The van der Waals surface area contributed by atoms with Gasteiger partial charge in [-0.3, -0.25) is 14.4 Å². The van der Waals surface area contributed by atoms with Gasteiger partial charge in [0.1, 0.15) is 18.8 Å². The van der Waals surface area contributed by atoms with Crippen LogP contribution in [-0.2, 0) is 49.0 Å². The van der Waals surface area contributed by atoms with Crippen molar-refractivity contribution in [2.75, 3.05) is 13.2 Å². The van der Waals surface area contributed by atoms with Gasteiger partial charge in [0.05, 0.1) is 47.8 Å². The summed E-state index contributed by atoms with van der Waals surface area (Å²) in [5.41, 5.74) is 2.01. The first-order valence-corrected chi connectivity index (χ1v) is 16.6. The second kappa shape index (κ2) is 12.4. The van der Waals surface area contributed by atoms with E-state index in [0.717, 1.165) is 22.9 Å². The summed E-state index contributed by atoms with van der Waals surface area (Å²) in [6.07, 6.45) is 1.48. The Labute approximate surface area is 278 Å². The minimum atomic E-state index is -1.99. The third-order valence-corrected chi connectivity index (χ3v) is 9.76. The number of nitrogens with one attached hydrogen (secondary N) is 2. The van der Waals surface area contributed by atoms with Gasteiger partial charge < -0.3 is 29.8 Å². The molecule has 6 rings (SSSR count). The number of benzene rings is 1. The molecule has 3 atom stereocenters. The van der Waals surface area contributed by atoms with E-state index in [0.29, 0.717) is 47.5 Å². The molecule has 0 saturated heterocycles. The van der Waals surface area contributed by atoms with Crippen LogP contribution in [-0.4, -0.2) is 51.7 Å². The quantitative estimate of drug-likeness (QED) is 0.139. The molecule has 0 radical (unpaired) electrons. The second-order valence-electron chi connectivity index (χ2n) is 14.4. The van der Waals surface area contributed by atoms with Crippen molar-refractivity contribution in [2.45, 2.75) is 105 Å². The minimum absolute atomic E-state index is 0.00383. The van der Waals surface area contributed by atoms with Crippen molar-refractivity contribution in [3.8, 4) is 11.4 Å². The van der Waals surface area contributed by atoms with E-state index in [2.05, 4.69) is 31.4 Å². The van der Waals surface area contributed by atoms with Crippen LogP contribution in [0.15, 0.2) is 16.9 Å². The maximum absolute atomic E-state index is 15.2. The number of nitrogens with zero attached hydrogens (tertiary/aromatic N) is 2. The van der Waals surface area contributed by atoms with Crippen LogP contribution in [0.4, 0.5) is 4.39 Å². The van der Waals surface area contributed by atoms with Gasteiger partial charge in [0, 0.05) is 29.1 Å². The summed E-state index contributed by atoms with van der Waals surface area (Å²) >= 11 is 0. The molecule has 48 heavy (non-hydrogen) atoms. The molecule has 12 heteroatoms. The Morgan fingerprint density at radius 2 is 1.96 bits per heavy atom. The molecular weight excluding hydrogens is 619 g/mol. The highest BCUT2D eigenvalue weighted by Crippen LogP contribution is 2.46. The molecule has 3 aromatic rings. The Kier molecular flexibility index (Phi) is 8.70. The number of carbonyl (C=O) groups is 3. The predicted molar refractivity (Wildman–Crippen MR) is 176 cm³/mol. The summed E-state index contributed by atoms with van der Waals surface area (Å²) < 4.78 is 27.7. The lowest BCUT2D eigenvalue weighted by atomic mass is 9.81. The zero-order valence-corrected chi connectivity index (χ0v) is 28.3. The molecule has 2 aromatic heterocycles. The van der Waals surface area contributed by atoms with E-state index in [1.807, 2.05) is 6.92 Å². The number of esters is 1. The van der Waals surface area contributed by atoms with Crippen molar-refractivity contribution in [3.05, 3.63) is 61.7 Å². The lowest BCUT2D eigenvalue weighted by molar-refractivity contribution is -0.172. The van der Waals surface area contributed by atoms with Crippen LogP contribution in [0, 0.1) is 18.2 Å². The fraction of sp³-hybridized carbons (Fsp3) is 0.528. The van der Waals surface area contributed by atoms with E-state index >= 15 is 4.39 Å². The first-order chi connectivity index (χ1) is 22.6. The number of aliphatic hydroxyl groups is 1. The number of fused-ring (bicyclic) bond motifs is 5. The zero-order valence-electron chi connectivity index (χ0n) is 28.3. The molecule has 11 nitrogen and oxygen atoms in total. The summed E-state index contributed by atoms with van der Waals surface area (Å²) in [4.78, 5) is 57.2. The van der Waals surface area contributed by atoms with Gasteiger partial charge in [0.2, 0.25) is 11.8 Å². The Morgan fingerprint density at radius 1 is 1.21 bits per heavy atom. The SMILES string of the molecule is CC[C@@]1(O)C(=O)OCc2c1cc1n(c2=O)Cc2c-1nc1cc(F)c(C)c3c1c2[C@@H](NC(=O)CC(=O)NCCO[C@@H](C)CC(C)(C)C)CC3. The van der Waals surface area contributed by atoms with Crippen LogP contribution in [0.25, 0.3) is 22.3 Å². The van der Waals surface area contributed by atoms with E-state index < -0.39 is 40.8 Å². The molecule has 1 aromatic carbocycles. The first-order valence-electron chi connectivity index (χ1n) is 16.6. The first kappa shape index (κ1) is 33.7. The maximum Gasteiger partial charge on any atom is 0.343 e. The van der Waals surface area contributed by atoms with Gasteiger partial charge in [-0.1, -0.05) is 27.7 Å². The number of aryl methyl sites for hydroxylation is 1. The number of amides is 2. The van der Waals surface area contributed by atoms with Crippen LogP contribution in [0.1, 0.15) is 99.7 Å². The Hall–Kier alpha value is -4.16. The van der Waals surface area contributed by atoms with Crippen molar-refractivity contribution in [3.63, 3.8) is 0 Å². The number of rotatable bonds is 9. The third kappa shape index (κ3) is 5.89. The molecule has 0 bridgehead atoms. The second-order valence-corrected chi connectivity index (χ2v) is 14.4. The number of halogens is 1. The lowest BCUT2D eigenvalue weighted by Gasteiger charge is -2.31. The summed E-state index contributed by atoms with van der Waals surface area (Å²) in [5.74, 6) is -2.12. The molecule has 4 heterocycles. The summed E-state index contributed by atoms with van der Waals surface area (Å²) in [5, 5.41) is 17.8. The molecule has 1 aliphatic carbocycles. The molecule has 256 valence electrons. The van der Waals surface area contributed by atoms with Gasteiger partial charge in [-0.15, -0.1) is 0 Å². The molecule has 0 unspecified atom stereocenters. The average molecular weight is 663 g/mol. The molecular formula is C36H43FN4O7. The average Bonchev–Trinajstić information content (AvgIpc) is 3.38. The number of hydrogen-bond acceptors (Lipinski definition) is 8. The molecule has 3 N–H and O–H groups in total. The van der Waals surface area contributed by atoms with Gasteiger partial charge in [-0.05, 0) is 67.7 Å². The fourth-order valence-electron chi connectivity index (χ4n) is 7.52. The largest absolute Gasteiger partial charge is 0.458 e. The van der Waals surface area contributed by atoms with Gasteiger partial charge >= 0.3 is 5.97 Å². The van der Waals surface area contributed by atoms with Crippen LogP contribution >= 0.6 is 0 Å². The number of aromatic nitrogens is 2. The van der Waals surface area contributed by atoms with Gasteiger partial charge in [-0.25, -0.2) is 14.2 Å². The van der Waals surface area contributed by atoms with Crippen LogP contribution in [0.3, 0.4) is 0 Å². The summed E-state index contributed by atoms with van der Waals surface area (Å²) in [6.45, 7) is 12.2. The highest BCUT2D eigenvalue weighted by molar-refractivity contribution is 5.98. The normalized spacial score (nSPS) is 20.1. The van der Waals surface area contributed by atoms with Crippen molar-refractivity contribution in [1.82, 2.24) is 20.2 Å². The summed E-state index contributed by atoms with van der Waals surface area (Å²) in [7, 11) is 0. The van der Waals surface area contributed by atoms with Gasteiger partial charge in [0.25, 0.3) is 5.56 Å². The zero-order chi connectivity index (χ0) is 34.7. The molecule has 3 aliphatic rings. The maximum atomic E-state index is 15.2. The lowest BCUT2D eigenvalue weighted by Crippen LogP contribution is -2.44. The van der Waals surface area contributed by atoms with E-state index in [1.54, 1.807) is 19.9 Å². The van der Waals surface area contributed by atoms with E-state index in [1.165, 1.54) is 10.6 Å². The van der Waals surface area contributed by atoms with Gasteiger partial charge in [-0.2, -0.15) is 0 Å². The Balaban J connectivity index is 1.29. The highest BCUT2D eigenvalue weighted by atomic mass is 19.1. The Morgan fingerprint density at radius 3 is 2.67 bits per heavy atom. The molecule has 2 aliphatic heterocycles. The van der Waals surface area contributed by atoms with Crippen molar-refractivity contribution in [2.24, 2.45) is 5.41 Å². The minimum Gasteiger partial charge on any atom is -0.458 e. The molecule has 0 spiro atoms. The topological polar surface area (TPSA) is 149 Å². The van der Waals surface area contributed by atoms with Gasteiger partial charge in [0.15, 0.2) is 5.60 Å². The Bertz CT molecular complexity index is 1910. The number of pyridine rings is 2. The van der Waals surface area contributed by atoms with Crippen LogP contribution in [0.2, 0.25) is 0 Å². The fourth-order valence-corrected chi connectivity index (χ4v) is 7.52. The number of hydrogen-bond donors (Lipinski definition) is 3. The highest BCUT2D eigenvalue weighted by Gasteiger charge is 2.46. The van der Waals surface area contributed by atoms with Crippen molar-refractivity contribution >= 4 is 28.7 Å². The van der Waals surface area contributed by atoms with E-state index in [4.69, 9.17) is 14.5 Å². The van der Waals surface area contributed by atoms with Crippen molar-refractivity contribution in [1.29, 1.82) is 0 Å². The number of ether oxygens (including phenoxy) is 2. The molecule has 0 fully saturated rings. The number of carbonyl (C=O) groups excluding carboxylic acids is 3. The smallest absolute Gasteiger partial charge is 0.343 e. The van der Waals surface area contributed by atoms with Crippen molar-refractivity contribution < 1.29 is 33.4 Å². The van der Waals surface area contributed by atoms with E-state index in [-0.39, 0.29) is 55.2 Å². The summed E-state index contributed by atoms with van der Waals surface area (Å²) in [6, 6.07) is 2.44. The van der Waals surface area contributed by atoms with E-state index in [9.17, 15) is 24.3 Å². The van der Waals surface area contributed by atoms with Crippen LogP contribution in [0.5, 0.6) is 0 Å². The number of cyclic esters (lactones) is 1. The third-order valence-electron chi connectivity index (χ3n) is 9.76. The standard InChI is InChI=1S/C36H43FN4O7/c1-7-36(46)23-12-27-32-21(16-41(27)33(44)22(23)17-48-34(36)45)31-25(9-8-20-19(3)24(37)13-26(40-32)30(20)31)39-29(43)14-28(42)38-10-11-47-18(2)15-35(4,5)6/h12-13,18,25,46H,7-11,14-17H2,1-6H3,(H,38,42)(H,39,43)/t18-,25-,36-/m0/s1. The molecule has 2 amide bonds. The molecule has 0 saturated carbocycles. The van der Waals surface area contributed by atoms with Crippen LogP contribution < -0.4 is 16.2 Å².